The van der Waals surface area contributed by atoms with E-state index in [9.17, 15) is 0 Å². The second-order valence-corrected chi connectivity index (χ2v) is 15.1. The van der Waals surface area contributed by atoms with Crippen molar-refractivity contribution in [3.63, 3.8) is 0 Å². The van der Waals surface area contributed by atoms with Crippen LogP contribution < -0.4 is 0 Å². The quantitative estimate of drug-likeness (QED) is 0.163. The molecule has 3 heteroatoms. The third-order valence-corrected chi connectivity index (χ3v) is 11.9. The van der Waals surface area contributed by atoms with Crippen LogP contribution in [0.3, 0.4) is 0 Å². The third kappa shape index (κ3) is 5.78. The molecule has 0 fully saturated rings. The fraction of sp³-hybridized carbons (Fsp3) is 0.0179. The number of rotatable bonds is 7. The molecule has 3 nitrogen and oxygen atoms in total. The molecule has 0 N–H and O–H groups in total. The Kier molecular flexibility index (Phi) is 8.37. The summed E-state index contributed by atoms with van der Waals surface area (Å²) >= 11 is 0. The van der Waals surface area contributed by atoms with Gasteiger partial charge in [0.1, 0.15) is 0 Å². The van der Waals surface area contributed by atoms with Crippen molar-refractivity contribution in [1.82, 2.24) is 15.0 Å². The Morgan fingerprint density at radius 3 is 1.31 bits per heavy atom. The van der Waals surface area contributed by atoms with Crippen LogP contribution in [0.5, 0.6) is 0 Å². The van der Waals surface area contributed by atoms with E-state index < -0.39 is 5.41 Å². The highest BCUT2D eigenvalue weighted by molar-refractivity contribution is 6.05. The van der Waals surface area contributed by atoms with Crippen LogP contribution in [0.25, 0.3) is 78.3 Å². The van der Waals surface area contributed by atoms with Gasteiger partial charge in [-0.25, -0.2) is 15.0 Å². The molecule has 0 atom stereocenters. The van der Waals surface area contributed by atoms with Crippen molar-refractivity contribution in [3.8, 4) is 67.5 Å². The molecule has 0 spiro atoms. The molecular formula is C56H37N3. The van der Waals surface area contributed by atoms with Gasteiger partial charge in [-0.15, -0.1) is 0 Å². The predicted octanol–water partition coefficient (Wildman–Crippen LogP) is 13.7. The molecule has 1 aliphatic carbocycles. The van der Waals surface area contributed by atoms with E-state index in [-0.39, 0.29) is 0 Å². The second-order valence-electron chi connectivity index (χ2n) is 15.1. The fourth-order valence-electron chi connectivity index (χ4n) is 9.14. The molecule has 9 aromatic carbocycles. The number of hydrogen-bond donors (Lipinski definition) is 0. The lowest BCUT2D eigenvalue weighted by atomic mass is 9.67. The van der Waals surface area contributed by atoms with E-state index in [1.807, 2.05) is 24.3 Å². The standard InChI is InChI=1S/C56H37N3/c1-5-17-38(18-6-1)39-29-31-41(32-30-39)54-57-53(40-19-7-2-8-20-40)58-55(59-54)50-36-35-45(46-25-13-14-26-47(46)50)42-33-34-49-48-27-15-16-28-51(48)56(52(49)37-42,43-21-9-3-10-22-43)44-23-11-4-12-24-44/h1-37H. The molecule has 0 unspecified atom stereocenters. The van der Waals surface area contributed by atoms with Crippen LogP contribution in [0.4, 0.5) is 0 Å². The molecule has 0 amide bonds. The van der Waals surface area contributed by atoms with Gasteiger partial charge in [0, 0.05) is 16.7 Å². The first-order valence-corrected chi connectivity index (χ1v) is 20.1. The van der Waals surface area contributed by atoms with Crippen molar-refractivity contribution in [2.45, 2.75) is 5.41 Å². The van der Waals surface area contributed by atoms with Gasteiger partial charge in [-0.05, 0) is 78.5 Å². The Labute approximate surface area is 344 Å². The maximum Gasteiger partial charge on any atom is 0.164 e. The highest BCUT2D eigenvalue weighted by Crippen LogP contribution is 2.57. The van der Waals surface area contributed by atoms with Crippen LogP contribution in [0, 0.1) is 0 Å². The minimum Gasteiger partial charge on any atom is -0.208 e. The Morgan fingerprint density at radius 2 is 0.661 bits per heavy atom. The Balaban J connectivity index is 1.08. The highest BCUT2D eigenvalue weighted by atomic mass is 15.0. The molecule has 0 aliphatic heterocycles. The molecular weight excluding hydrogens is 715 g/mol. The molecule has 1 aliphatic rings. The summed E-state index contributed by atoms with van der Waals surface area (Å²) in [5, 5.41) is 2.22. The Bertz CT molecular complexity index is 3080. The van der Waals surface area contributed by atoms with E-state index in [1.165, 1.54) is 38.9 Å². The van der Waals surface area contributed by atoms with Crippen LogP contribution >= 0.6 is 0 Å². The van der Waals surface area contributed by atoms with Gasteiger partial charge in [-0.2, -0.15) is 0 Å². The first-order valence-electron chi connectivity index (χ1n) is 20.1. The lowest BCUT2D eigenvalue weighted by Gasteiger charge is -2.34. The molecule has 11 rings (SSSR count). The van der Waals surface area contributed by atoms with Crippen LogP contribution in [-0.4, -0.2) is 15.0 Å². The zero-order chi connectivity index (χ0) is 39.2. The van der Waals surface area contributed by atoms with Gasteiger partial charge in [-0.3, -0.25) is 0 Å². The lowest BCUT2D eigenvalue weighted by molar-refractivity contribution is 0.769. The summed E-state index contributed by atoms with van der Waals surface area (Å²) in [4.78, 5) is 15.4. The summed E-state index contributed by atoms with van der Waals surface area (Å²) < 4.78 is 0. The minimum atomic E-state index is -0.478. The van der Waals surface area contributed by atoms with E-state index >= 15 is 0 Å². The summed E-state index contributed by atoms with van der Waals surface area (Å²) in [5.74, 6) is 1.92. The van der Waals surface area contributed by atoms with Crippen molar-refractivity contribution in [3.05, 3.63) is 247 Å². The van der Waals surface area contributed by atoms with Crippen molar-refractivity contribution < 1.29 is 0 Å². The summed E-state index contributed by atoms with van der Waals surface area (Å²) in [5.41, 5.74) is 14.6. The van der Waals surface area contributed by atoms with Crippen LogP contribution in [0.2, 0.25) is 0 Å². The number of aromatic nitrogens is 3. The molecule has 1 heterocycles. The maximum absolute atomic E-state index is 5.19. The SMILES string of the molecule is c1ccc(-c2ccc(-c3nc(-c4ccccc4)nc(-c4ccc(-c5ccc6c(c5)C(c5ccccc5)(c5ccccc5)c5ccccc5-6)c5ccccc45)n3)cc2)cc1. The third-order valence-electron chi connectivity index (χ3n) is 11.9. The smallest absolute Gasteiger partial charge is 0.164 e. The van der Waals surface area contributed by atoms with Crippen molar-refractivity contribution >= 4 is 10.8 Å². The first kappa shape index (κ1) is 34.5. The van der Waals surface area contributed by atoms with Gasteiger partial charge < -0.3 is 0 Å². The fourth-order valence-corrected chi connectivity index (χ4v) is 9.14. The van der Waals surface area contributed by atoms with Gasteiger partial charge in [0.2, 0.25) is 0 Å². The number of benzene rings is 9. The summed E-state index contributed by atoms with van der Waals surface area (Å²) in [6.45, 7) is 0. The van der Waals surface area contributed by atoms with Crippen molar-refractivity contribution in [2.24, 2.45) is 0 Å². The monoisotopic (exact) mass is 751 g/mol. The summed E-state index contributed by atoms with van der Waals surface area (Å²) in [7, 11) is 0. The minimum absolute atomic E-state index is 0.478. The molecule has 10 aromatic rings. The number of nitrogens with zero attached hydrogens (tertiary/aromatic N) is 3. The normalized spacial score (nSPS) is 12.5. The predicted molar refractivity (Wildman–Crippen MR) is 242 cm³/mol. The van der Waals surface area contributed by atoms with E-state index in [2.05, 4.69) is 200 Å². The molecule has 0 saturated heterocycles. The topological polar surface area (TPSA) is 38.7 Å². The molecule has 0 radical (unpaired) electrons. The highest BCUT2D eigenvalue weighted by Gasteiger charge is 2.46. The number of fused-ring (bicyclic) bond motifs is 4. The van der Waals surface area contributed by atoms with Gasteiger partial charge >= 0.3 is 0 Å². The van der Waals surface area contributed by atoms with E-state index in [4.69, 9.17) is 15.0 Å². The first-order chi connectivity index (χ1) is 29.3. The van der Waals surface area contributed by atoms with Gasteiger partial charge in [0.25, 0.3) is 0 Å². The molecule has 1 aromatic heterocycles. The molecule has 276 valence electrons. The Morgan fingerprint density at radius 1 is 0.254 bits per heavy atom. The lowest BCUT2D eigenvalue weighted by Crippen LogP contribution is -2.28. The van der Waals surface area contributed by atoms with Crippen LogP contribution in [0.1, 0.15) is 22.3 Å². The average Bonchev–Trinajstić information content (AvgIpc) is 3.62. The largest absolute Gasteiger partial charge is 0.208 e. The summed E-state index contributed by atoms with van der Waals surface area (Å²) in [6, 6.07) is 80.1. The van der Waals surface area contributed by atoms with E-state index in [1.54, 1.807) is 0 Å². The van der Waals surface area contributed by atoms with Crippen molar-refractivity contribution in [1.29, 1.82) is 0 Å². The molecule has 59 heavy (non-hydrogen) atoms. The van der Waals surface area contributed by atoms with Gasteiger partial charge in [0.05, 0.1) is 5.41 Å². The summed E-state index contributed by atoms with van der Waals surface area (Å²) in [6.07, 6.45) is 0. The van der Waals surface area contributed by atoms with Gasteiger partial charge in [-0.1, -0.05) is 212 Å². The van der Waals surface area contributed by atoms with Crippen LogP contribution in [0.15, 0.2) is 224 Å². The average molecular weight is 752 g/mol. The Hall–Kier alpha value is -7.75. The van der Waals surface area contributed by atoms with Crippen LogP contribution in [-0.2, 0) is 5.41 Å². The molecule has 0 saturated carbocycles. The van der Waals surface area contributed by atoms with Gasteiger partial charge in [0.15, 0.2) is 17.5 Å². The second kappa shape index (κ2) is 14.3. The molecule has 0 bridgehead atoms. The number of hydrogen-bond acceptors (Lipinski definition) is 3. The zero-order valence-electron chi connectivity index (χ0n) is 32.2. The zero-order valence-corrected chi connectivity index (χ0v) is 32.2. The van der Waals surface area contributed by atoms with Crippen molar-refractivity contribution in [2.75, 3.05) is 0 Å². The van der Waals surface area contributed by atoms with E-state index in [0.717, 1.165) is 44.2 Å². The maximum atomic E-state index is 5.19. The van der Waals surface area contributed by atoms with E-state index in [0.29, 0.717) is 17.5 Å².